The first-order chi connectivity index (χ1) is 11.8. The molecule has 1 heterocycles. The summed E-state index contributed by atoms with van der Waals surface area (Å²) in [6, 6.07) is 5.90. The number of likely N-dealkylation sites (N-methyl/N-ethyl adjacent to an activating group) is 1. The Morgan fingerprint density at radius 2 is 1.96 bits per heavy atom. The number of piperazine rings is 1. The van der Waals surface area contributed by atoms with E-state index >= 15 is 0 Å². The lowest BCUT2D eigenvalue weighted by Crippen LogP contribution is -2.48. The van der Waals surface area contributed by atoms with Gasteiger partial charge in [-0.3, -0.25) is 4.90 Å². The quantitative estimate of drug-likeness (QED) is 0.676. The van der Waals surface area contributed by atoms with E-state index in [1.54, 1.807) is 6.07 Å². The summed E-state index contributed by atoms with van der Waals surface area (Å²) in [4.78, 5) is 16.7. The molecule has 2 amide bonds. The van der Waals surface area contributed by atoms with Crippen LogP contribution in [0, 0.1) is 0 Å². The molecule has 4 N–H and O–H groups in total. The third-order valence-corrected chi connectivity index (χ3v) is 5.34. The molecule has 1 fully saturated rings. The summed E-state index contributed by atoms with van der Waals surface area (Å²) < 4.78 is 22.7. The van der Waals surface area contributed by atoms with Crippen LogP contribution < -0.4 is 15.8 Å². The molecule has 1 atom stereocenters. The maximum Gasteiger partial charge on any atom is 0.319 e. The zero-order valence-electron chi connectivity index (χ0n) is 14.7. The predicted molar refractivity (Wildman–Crippen MR) is 98.0 cm³/mol. The van der Waals surface area contributed by atoms with Crippen molar-refractivity contribution in [1.82, 2.24) is 15.1 Å². The molecule has 0 unspecified atom stereocenters. The fraction of sp³-hybridized carbons (Fsp3) is 0.562. The monoisotopic (exact) mass is 369 g/mol. The topological polar surface area (TPSA) is 108 Å². The van der Waals surface area contributed by atoms with Crippen LogP contribution >= 0.6 is 0 Å². The van der Waals surface area contributed by atoms with Crippen molar-refractivity contribution >= 4 is 21.7 Å². The molecular formula is C16H27N5O3S. The van der Waals surface area contributed by atoms with Crippen LogP contribution in [0.3, 0.4) is 0 Å². The number of anilines is 1. The van der Waals surface area contributed by atoms with Gasteiger partial charge in [-0.25, -0.2) is 18.4 Å². The number of urea groups is 1. The van der Waals surface area contributed by atoms with Gasteiger partial charge in [-0.1, -0.05) is 6.07 Å². The van der Waals surface area contributed by atoms with Crippen molar-refractivity contribution in [2.45, 2.75) is 24.3 Å². The zero-order valence-corrected chi connectivity index (χ0v) is 15.6. The number of hydrogen-bond donors (Lipinski definition) is 3. The molecular weight excluding hydrogens is 342 g/mol. The van der Waals surface area contributed by atoms with Crippen LogP contribution in [0.5, 0.6) is 0 Å². The highest BCUT2D eigenvalue weighted by molar-refractivity contribution is 7.89. The summed E-state index contributed by atoms with van der Waals surface area (Å²) in [6.07, 6.45) is 0.856. The van der Waals surface area contributed by atoms with Gasteiger partial charge < -0.3 is 15.5 Å². The van der Waals surface area contributed by atoms with Crippen LogP contribution in [0.25, 0.3) is 0 Å². The summed E-state index contributed by atoms with van der Waals surface area (Å²) >= 11 is 0. The van der Waals surface area contributed by atoms with Gasteiger partial charge in [0, 0.05) is 44.5 Å². The first kappa shape index (κ1) is 19.6. The van der Waals surface area contributed by atoms with E-state index in [9.17, 15) is 13.2 Å². The van der Waals surface area contributed by atoms with Crippen LogP contribution in [0.15, 0.2) is 29.2 Å². The van der Waals surface area contributed by atoms with E-state index in [-0.39, 0.29) is 10.9 Å². The summed E-state index contributed by atoms with van der Waals surface area (Å²) in [7, 11) is -1.66. The van der Waals surface area contributed by atoms with Crippen molar-refractivity contribution in [3.05, 3.63) is 24.3 Å². The third kappa shape index (κ3) is 6.28. The second-order valence-corrected chi connectivity index (χ2v) is 7.99. The number of nitrogens with two attached hydrogens (primary N) is 1. The number of carbonyl (C=O) groups excluding carboxylic acids is 1. The van der Waals surface area contributed by atoms with Crippen molar-refractivity contribution in [3.8, 4) is 0 Å². The fourth-order valence-corrected chi connectivity index (χ4v) is 3.33. The summed E-state index contributed by atoms with van der Waals surface area (Å²) in [5.41, 5.74) is 0.385. The zero-order chi connectivity index (χ0) is 18.4. The van der Waals surface area contributed by atoms with E-state index in [1.807, 2.05) is 0 Å². The van der Waals surface area contributed by atoms with Crippen molar-refractivity contribution in [3.63, 3.8) is 0 Å². The molecule has 1 aromatic carbocycles. The largest absolute Gasteiger partial charge is 0.338 e. The smallest absolute Gasteiger partial charge is 0.319 e. The average molecular weight is 369 g/mol. The van der Waals surface area contributed by atoms with Gasteiger partial charge in [-0.2, -0.15) is 0 Å². The van der Waals surface area contributed by atoms with E-state index in [1.165, 1.54) is 18.2 Å². The van der Waals surface area contributed by atoms with Gasteiger partial charge in [0.25, 0.3) is 0 Å². The Kier molecular flexibility index (Phi) is 6.77. The van der Waals surface area contributed by atoms with E-state index in [0.29, 0.717) is 18.3 Å². The molecule has 0 radical (unpaired) electrons. The molecule has 1 aromatic rings. The lowest BCUT2D eigenvalue weighted by Gasteiger charge is -2.36. The molecule has 0 bridgehead atoms. The SMILES string of the molecule is C[C@H](CCNC(=O)Nc1cccc(S(N)(=O)=O)c1)N1CCN(C)CC1. The molecule has 0 aromatic heterocycles. The Balaban J connectivity index is 1.75. The number of carbonyl (C=O) groups is 1. The van der Waals surface area contributed by atoms with Gasteiger partial charge in [0.05, 0.1) is 4.90 Å². The number of primary sulfonamides is 1. The molecule has 0 saturated carbocycles. The Morgan fingerprint density at radius 3 is 2.60 bits per heavy atom. The summed E-state index contributed by atoms with van der Waals surface area (Å²) in [6.45, 7) is 6.94. The Labute approximate surface area is 149 Å². The second kappa shape index (κ2) is 8.61. The van der Waals surface area contributed by atoms with Gasteiger partial charge in [0.15, 0.2) is 0 Å². The standard InChI is InChI=1S/C16H27N5O3S/c1-13(21-10-8-20(2)9-11-21)6-7-18-16(22)19-14-4-3-5-15(12-14)25(17,23)24/h3-5,12-13H,6-11H2,1-2H3,(H2,17,23,24)(H2,18,19,22)/t13-/m1/s1. The molecule has 1 aliphatic heterocycles. The molecule has 9 heteroatoms. The van der Waals surface area contributed by atoms with Crippen LogP contribution in [0.4, 0.5) is 10.5 Å². The molecule has 2 rings (SSSR count). The van der Waals surface area contributed by atoms with Gasteiger partial charge >= 0.3 is 6.03 Å². The highest BCUT2D eigenvalue weighted by atomic mass is 32.2. The van der Waals surface area contributed by atoms with Gasteiger partial charge in [-0.15, -0.1) is 0 Å². The van der Waals surface area contributed by atoms with Crippen molar-refractivity contribution in [1.29, 1.82) is 0 Å². The van der Waals surface area contributed by atoms with Gasteiger partial charge in [0.2, 0.25) is 10.0 Å². The molecule has 8 nitrogen and oxygen atoms in total. The number of sulfonamides is 1. The van der Waals surface area contributed by atoms with Crippen LogP contribution in [-0.2, 0) is 10.0 Å². The highest BCUT2D eigenvalue weighted by Gasteiger charge is 2.18. The minimum absolute atomic E-state index is 0.0333. The number of rotatable bonds is 6. The number of hydrogen-bond acceptors (Lipinski definition) is 5. The molecule has 1 saturated heterocycles. The van der Waals surface area contributed by atoms with Crippen LogP contribution in [-0.4, -0.2) is 70.1 Å². The fourth-order valence-electron chi connectivity index (χ4n) is 2.77. The number of nitrogens with zero attached hydrogens (tertiary/aromatic N) is 2. The maximum atomic E-state index is 12.0. The molecule has 1 aliphatic rings. The molecule has 25 heavy (non-hydrogen) atoms. The minimum Gasteiger partial charge on any atom is -0.338 e. The van der Waals surface area contributed by atoms with Crippen LogP contribution in [0.2, 0.25) is 0 Å². The normalized spacial score (nSPS) is 17.9. The maximum absolute atomic E-state index is 12.0. The summed E-state index contributed by atoms with van der Waals surface area (Å²) in [5, 5.41) is 10.5. The Bertz CT molecular complexity index is 687. The van der Waals surface area contributed by atoms with E-state index in [2.05, 4.69) is 34.4 Å². The predicted octanol–water partition coefficient (Wildman–Crippen LogP) is 0.482. The van der Waals surface area contributed by atoms with Crippen LogP contribution in [0.1, 0.15) is 13.3 Å². The Hall–Kier alpha value is -1.68. The van der Waals surface area contributed by atoms with E-state index in [4.69, 9.17) is 5.14 Å². The van der Waals surface area contributed by atoms with Crippen molar-refractivity contribution < 1.29 is 13.2 Å². The number of amides is 2. The molecule has 140 valence electrons. The van der Waals surface area contributed by atoms with E-state index < -0.39 is 10.0 Å². The lowest BCUT2D eigenvalue weighted by atomic mass is 10.1. The Morgan fingerprint density at radius 1 is 1.28 bits per heavy atom. The second-order valence-electron chi connectivity index (χ2n) is 6.43. The average Bonchev–Trinajstić information content (AvgIpc) is 2.55. The summed E-state index contributed by atoms with van der Waals surface area (Å²) in [5.74, 6) is 0. The third-order valence-electron chi connectivity index (χ3n) is 4.43. The first-order valence-corrected chi connectivity index (χ1v) is 9.90. The molecule has 0 aliphatic carbocycles. The molecule has 0 spiro atoms. The number of benzene rings is 1. The minimum atomic E-state index is -3.79. The first-order valence-electron chi connectivity index (χ1n) is 8.36. The van der Waals surface area contributed by atoms with Crippen molar-refractivity contribution in [2.75, 3.05) is 45.1 Å². The van der Waals surface area contributed by atoms with E-state index in [0.717, 1.165) is 32.6 Å². The number of nitrogens with one attached hydrogen (secondary N) is 2. The van der Waals surface area contributed by atoms with Crippen molar-refractivity contribution in [2.24, 2.45) is 5.14 Å². The lowest BCUT2D eigenvalue weighted by molar-refractivity contribution is 0.115. The van der Waals surface area contributed by atoms with Gasteiger partial charge in [-0.05, 0) is 38.6 Å². The van der Waals surface area contributed by atoms with Gasteiger partial charge in [0.1, 0.15) is 0 Å². The highest BCUT2D eigenvalue weighted by Crippen LogP contribution is 2.14.